The Hall–Kier alpha value is -1.77. The first kappa shape index (κ1) is 19.2. The van der Waals surface area contributed by atoms with Gasteiger partial charge in [0.25, 0.3) is 0 Å². The summed E-state index contributed by atoms with van der Waals surface area (Å²) in [7, 11) is 0. The number of amides is 1. The van der Waals surface area contributed by atoms with Crippen LogP contribution in [0.15, 0.2) is 17.5 Å². The van der Waals surface area contributed by atoms with Gasteiger partial charge in [-0.25, -0.2) is 4.98 Å². The van der Waals surface area contributed by atoms with E-state index in [1.165, 1.54) is 11.3 Å². The normalized spacial score (nSPS) is 32.6. The molecule has 0 unspecified atom stereocenters. The van der Waals surface area contributed by atoms with Crippen LogP contribution in [0, 0.1) is 29.1 Å². The second kappa shape index (κ2) is 6.89. The van der Waals surface area contributed by atoms with Gasteiger partial charge in [0.2, 0.25) is 11.7 Å². The first-order valence-electron chi connectivity index (χ1n) is 10.3. The molecule has 3 fully saturated rings. The second-order valence-corrected chi connectivity index (χ2v) is 9.40. The maximum Gasteiger partial charge on any atom is 0.310 e. The lowest BCUT2D eigenvalue weighted by Crippen LogP contribution is -2.40. The average Bonchev–Trinajstić information content (AvgIpc) is 3.03. The minimum absolute atomic E-state index is 0.0810. The van der Waals surface area contributed by atoms with Crippen LogP contribution < -0.4 is 5.32 Å². The van der Waals surface area contributed by atoms with Crippen molar-refractivity contribution in [1.29, 1.82) is 0 Å². The molecule has 1 N–H and O–H groups in total. The molecule has 2 saturated carbocycles. The predicted octanol–water partition coefficient (Wildman–Crippen LogP) is 2.37. The van der Waals surface area contributed by atoms with Crippen LogP contribution in [0.3, 0.4) is 0 Å². The summed E-state index contributed by atoms with van der Waals surface area (Å²) in [6, 6.07) is 0. The molecule has 3 aliphatic carbocycles. The second-order valence-electron chi connectivity index (χ2n) is 8.46. The van der Waals surface area contributed by atoms with Crippen molar-refractivity contribution in [2.45, 2.75) is 39.0 Å². The third-order valence-electron chi connectivity index (χ3n) is 6.97. The molecule has 1 saturated heterocycles. The Morgan fingerprint density at radius 3 is 2.59 bits per heavy atom. The number of hydrogen-bond donors (Lipinski definition) is 1. The molecule has 5 rings (SSSR count). The Kier molecular flexibility index (Phi) is 4.56. The number of hydrogen-bond acceptors (Lipinski definition) is 7. The van der Waals surface area contributed by atoms with E-state index in [2.05, 4.69) is 22.5 Å². The number of thiazole rings is 1. The van der Waals surface area contributed by atoms with E-state index in [1.807, 2.05) is 12.3 Å². The molecule has 0 radical (unpaired) electrons. The SMILES string of the molecule is CCOC(=O)[C@H]1[C@H](C(=O)NCc2nc(C3(C)OCCO3)cs2)[C@@H]2C=C[C@H]1C21CC1. The van der Waals surface area contributed by atoms with E-state index in [0.717, 1.165) is 23.5 Å². The zero-order valence-corrected chi connectivity index (χ0v) is 17.5. The third-order valence-corrected chi connectivity index (χ3v) is 7.82. The van der Waals surface area contributed by atoms with Crippen LogP contribution >= 0.6 is 11.3 Å². The highest BCUT2D eigenvalue weighted by Crippen LogP contribution is 2.72. The topological polar surface area (TPSA) is 86.8 Å². The van der Waals surface area contributed by atoms with E-state index < -0.39 is 5.79 Å². The fraction of sp³-hybridized carbons (Fsp3) is 0.667. The minimum Gasteiger partial charge on any atom is -0.466 e. The summed E-state index contributed by atoms with van der Waals surface area (Å²) in [6.07, 6.45) is 6.46. The Morgan fingerprint density at radius 2 is 1.93 bits per heavy atom. The summed E-state index contributed by atoms with van der Waals surface area (Å²) < 4.78 is 16.6. The summed E-state index contributed by atoms with van der Waals surface area (Å²) in [5.41, 5.74) is 0.841. The third kappa shape index (κ3) is 2.95. The smallest absolute Gasteiger partial charge is 0.310 e. The fourth-order valence-electron chi connectivity index (χ4n) is 5.46. The molecule has 4 atom stereocenters. The lowest BCUT2D eigenvalue weighted by molar-refractivity contribution is -0.153. The van der Waals surface area contributed by atoms with E-state index in [-0.39, 0.29) is 41.0 Å². The van der Waals surface area contributed by atoms with Crippen LogP contribution in [-0.2, 0) is 36.1 Å². The summed E-state index contributed by atoms with van der Waals surface area (Å²) in [5, 5.41) is 5.72. The van der Waals surface area contributed by atoms with Gasteiger partial charge in [0, 0.05) is 5.38 Å². The van der Waals surface area contributed by atoms with Crippen LogP contribution in [-0.4, -0.2) is 36.7 Å². The van der Waals surface area contributed by atoms with E-state index in [4.69, 9.17) is 14.2 Å². The van der Waals surface area contributed by atoms with E-state index in [0.29, 0.717) is 26.4 Å². The Bertz CT molecular complexity index is 855. The molecule has 4 aliphatic rings. The molecular weight excluding hydrogens is 392 g/mol. The Balaban J connectivity index is 1.28. The highest BCUT2D eigenvalue weighted by molar-refractivity contribution is 7.09. The van der Waals surface area contributed by atoms with Crippen molar-refractivity contribution in [2.24, 2.45) is 29.1 Å². The molecular formula is C21H26N2O5S. The number of esters is 1. The van der Waals surface area contributed by atoms with Crippen molar-refractivity contribution >= 4 is 23.2 Å². The van der Waals surface area contributed by atoms with Gasteiger partial charge in [0.1, 0.15) is 10.7 Å². The molecule has 7 nitrogen and oxygen atoms in total. The van der Waals surface area contributed by atoms with Gasteiger partial charge in [-0.2, -0.15) is 0 Å². The molecule has 1 spiro atoms. The summed E-state index contributed by atoms with van der Waals surface area (Å²) in [5.74, 6) is -1.60. The number of aromatic nitrogens is 1. The maximum atomic E-state index is 13.1. The molecule has 1 amide bonds. The Labute approximate surface area is 173 Å². The van der Waals surface area contributed by atoms with Crippen molar-refractivity contribution in [3.8, 4) is 0 Å². The van der Waals surface area contributed by atoms with Gasteiger partial charge in [0.15, 0.2) is 0 Å². The molecule has 0 aromatic carbocycles. The van der Waals surface area contributed by atoms with Gasteiger partial charge in [-0.05, 0) is 43.9 Å². The Morgan fingerprint density at radius 1 is 1.24 bits per heavy atom. The number of rotatable bonds is 6. The van der Waals surface area contributed by atoms with Crippen molar-refractivity contribution in [3.05, 3.63) is 28.2 Å². The van der Waals surface area contributed by atoms with Crippen molar-refractivity contribution in [3.63, 3.8) is 0 Å². The fourth-order valence-corrected chi connectivity index (χ4v) is 6.28. The zero-order chi connectivity index (χ0) is 20.2. The molecule has 2 bridgehead atoms. The van der Waals surface area contributed by atoms with E-state index >= 15 is 0 Å². The van der Waals surface area contributed by atoms with Crippen molar-refractivity contribution in [1.82, 2.24) is 10.3 Å². The number of allylic oxidation sites excluding steroid dienone is 2. The van der Waals surface area contributed by atoms with Gasteiger partial charge < -0.3 is 19.5 Å². The van der Waals surface area contributed by atoms with Gasteiger partial charge in [0.05, 0.1) is 38.2 Å². The van der Waals surface area contributed by atoms with Gasteiger partial charge in [-0.15, -0.1) is 11.3 Å². The zero-order valence-electron chi connectivity index (χ0n) is 16.7. The highest BCUT2D eigenvalue weighted by atomic mass is 32.1. The molecule has 156 valence electrons. The first-order chi connectivity index (χ1) is 14.0. The van der Waals surface area contributed by atoms with Crippen LogP contribution in [0.4, 0.5) is 0 Å². The number of carbonyl (C=O) groups is 2. The van der Waals surface area contributed by atoms with Gasteiger partial charge in [-0.1, -0.05) is 12.2 Å². The quantitative estimate of drug-likeness (QED) is 0.564. The van der Waals surface area contributed by atoms with Crippen LogP contribution in [0.1, 0.15) is 37.4 Å². The van der Waals surface area contributed by atoms with Crippen LogP contribution in [0.2, 0.25) is 0 Å². The number of nitrogens with one attached hydrogen (secondary N) is 1. The lowest BCUT2D eigenvalue weighted by Gasteiger charge is -2.25. The number of carbonyl (C=O) groups excluding carboxylic acids is 2. The highest BCUT2D eigenvalue weighted by Gasteiger charge is 2.70. The van der Waals surface area contributed by atoms with Crippen LogP contribution in [0.25, 0.3) is 0 Å². The van der Waals surface area contributed by atoms with Gasteiger partial charge >= 0.3 is 5.97 Å². The molecule has 2 heterocycles. The van der Waals surface area contributed by atoms with E-state index in [9.17, 15) is 9.59 Å². The predicted molar refractivity (Wildman–Crippen MR) is 105 cm³/mol. The average molecular weight is 419 g/mol. The van der Waals surface area contributed by atoms with E-state index in [1.54, 1.807) is 6.92 Å². The minimum atomic E-state index is -0.804. The standard InChI is InChI=1S/C21H26N2O5S/c1-3-26-19(25)17-13-5-4-12(21(13)6-7-21)16(17)18(24)22-10-15-23-14(11-29-15)20(2)27-8-9-28-20/h4-5,11-13,16-17H,3,6-10H2,1-2H3,(H,22,24)/t12-,13+,16+,17+/m0/s1. The molecule has 29 heavy (non-hydrogen) atoms. The maximum absolute atomic E-state index is 13.1. The van der Waals surface area contributed by atoms with Gasteiger partial charge in [-0.3, -0.25) is 9.59 Å². The first-order valence-corrected chi connectivity index (χ1v) is 11.2. The summed E-state index contributed by atoms with van der Waals surface area (Å²) >= 11 is 1.47. The largest absolute Gasteiger partial charge is 0.466 e. The lowest BCUT2D eigenvalue weighted by atomic mass is 9.82. The molecule has 8 heteroatoms. The van der Waals surface area contributed by atoms with Crippen molar-refractivity contribution < 1.29 is 23.8 Å². The number of ether oxygens (including phenoxy) is 3. The summed E-state index contributed by atoms with van der Waals surface area (Å²) in [6.45, 7) is 5.44. The number of nitrogens with zero attached hydrogens (tertiary/aromatic N) is 1. The molecule has 1 aromatic heterocycles. The van der Waals surface area contributed by atoms with Crippen LogP contribution in [0.5, 0.6) is 0 Å². The monoisotopic (exact) mass is 418 g/mol. The molecule has 1 aromatic rings. The summed E-state index contributed by atoms with van der Waals surface area (Å²) in [4.78, 5) is 30.4. The molecule has 1 aliphatic heterocycles. The van der Waals surface area contributed by atoms with Crippen molar-refractivity contribution in [2.75, 3.05) is 19.8 Å².